The van der Waals surface area contributed by atoms with Gasteiger partial charge in [0, 0.05) is 11.6 Å². The van der Waals surface area contributed by atoms with E-state index in [0.29, 0.717) is 17.3 Å². The molecule has 0 atom stereocenters. The van der Waals surface area contributed by atoms with Gasteiger partial charge >= 0.3 is 6.18 Å². The molecule has 19 heavy (non-hydrogen) atoms. The van der Waals surface area contributed by atoms with Gasteiger partial charge in [-0.1, -0.05) is 23.7 Å². The largest absolute Gasteiger partial charge is 0.433 e. The Morgan fingerprint density at radius 1 is 1.05 bits per heavy atom. The molecule has 2 nitrogen and oxygen atoms in total. The van der Waals surface area contributed by atoms with Crippen LogP contribution >= 0.6 is 11.6 Å². The zero-order valence-corrected chi connectivity index (χ0v) is 10.5. The molecule has 6 heteroatoms. The number of halogens is 4. The summed E-state index contributed by atoms with van der Waals surface area (Å²) in [6.07, 6.45) is -3.24. The number of rotatable bonds is 3. The normalized spacial score (nSPS) is 11.4. The molecule has 0 bridgehead atoms. The minimum absolute atomic E-state index is 0.490. The van der Waals surface area contributed by atoms with E-state index in [1.54, 1.807) is 12.1 Å². The third-order valence-electron chi connectivity index (χ3n) is 2.46. The van der Waals surface area contributed by atoms with Crippen LogP contribution in [-0.2, 0) is 12.7 Å². The molecule has 100 valence electrons. The molecule has 1 N–H and O–H groups in total. The first-order chi connectivity index (χ1) is 8.95. The first-order valence-electron chi connectivity index (χ1n) is 5.47. The molecule has 0 radical (unpaired) electrons. The van der Waals surface area contributed by atoms with Crippen molar-refractivity contribution in [2.24, 2.45) is 0 Å². The van der Waals surface area contributed by atoms with Crippen molar-refractivity contribution in [2.45, 2.75) is 12.7 Å². The molecule has 2 aromatic rings. The second-order valence-electron chi connectivity index (χ2n) is 3.91. The van der Waals surface area contributed by atoms with Crippen molar-refractivity contribution >= 4 is 17.3 Å². The van der Waals surface area contributed by atoms with Crippen LogP contribution in [0.25, 0.3) is 0 Å². The predicted octanol–water partition coefficient (Wildman–Crippen LogP) is 4.37. The highest BCUT2D eigenvalue weighted by atomic mass is 35.5. The van der Waals surface area contributed by atoms with Crippen LogP contribution < -0.4 is 5.32 Å². The van der Waals surface area contributed by atoms with Crippen LogP contribution in [0.4, 0.5) is 18.9 Å². The minimum Gasteiger partial charge on any atom is -0.380 e. The number of nitrogens with one attached hydrogen (secondary N) is 1. The molecule has 0 amide bonds. The number of nitrogens with zero attached hydrogens (tertiary/aromatic N) is 1. The van der Waals surface area contributed by atoms with Gasteiger partial charge in [0.25, 0.3) is 0 Å². The fraction of sp³-hybridized carbons (Fsp3) is 0.154. The Labute approximate surface area is 113 Å². The van der Waals surface area contributed by atoms with Gasteiger partial charge in [-0.05, 0) is 29.8 Å². The zero-order chi connectivity index (χ0) is 13.9. The molecule has 0 unspecified atom stereocenters. The first kappa shape index (κ1) is 13.7. The van der Waals surface area contributed by atoms with E-state index in [2.05, 4.69) is 10.3 Å². The molecule has 1 aromatic carbocycles. The highest BCUT2D eigenvalue weighted by Crippen LogP contribution is 2.27. The predicted molar refractivity (Wildman–Crippen MR) is 68.0 cm³/mol. The maximum absolute atomic E-state index is 12.3. The SMILES string of the molecule is FC(F)(F)c1ccc(NCc2ccc(Cl)cc2)cn1. The second kappa shape index (κ2) is 5.48. The van der Waals surface area contributed by atoms with Gasteiger partial charge in [0.2, 0.25) is 0 Å². The number of alkyl halides is 3. The van der Waals surface area contributed by atoms with Crippen LogP contribution in [0.3, 0.4) is 0 Å². The average Bonchev–Trinajstić information content (AvgIpc) is 2.37. The van der Waals surface area contributed by atoms with Crippen molar-refractivity contribution in [1.82, 2.24) is 4.98 Å². The van der Waals surface area contributed by atoms with E-state index in [1.807, 2.05) is 12.1 Å². The number of pyridine rings is 1. The fourth-order valence-electron chi connectivity index (χ4n) is 1.47. The Morgan fingerprint density at radius 3 is 2.26 bits per heavy atom. The van der Waals surface area contributed by atoms with E-state index in [1.165, 1.54) is 12.3 Å². The lowest BCUT2D eigenvalue weighted by Crippen LogP contribution is -2.08. The summed E-state index contributed by atoms with van der Waals surface area (Å²) < 4.78 is 36.9. The summed E-state index contributed by atoms with van der Waals surface area (Å²) in [4.78, 5) is 3.37. The highest BCUT2D eigenvalue weighted by molar-refractivity contribution is 6.30. The molecule has 0 aliphatic heterocycles. The van der Waals surface area contributed by atoms with Crippen molar-refractivity contribution in [1.29, 1.82) is 0 Å². The Hall–Kier alpha value is -1.75. The zero-order valence-electron chi connectivity index (χ0n) is 9.71. The lowest BCUT2D eigenvalue weighted by atomic mass is 10.2. The molecule has 0 spiro atoms. The van der Waals surface area contributed by atoms with Gasteiger partial charge in [-0.3, -0.25) is 0 Å². The molecule has 0 saturated carbocycles. The van der Waals surface area contributed by atoms with Crippen LogP contribution in [0.1, 0.15) is 11.3 Å². The van der Waals surface area contributed by atoms with Crippen molar-refractivity contribution in [3.63, 3.8) is 0 Å². The van der Waals surface area contributed by atoms with Crippen LogP contribution in [0, 0.1) is 0 Å². The molecule has 0 fully saturated rings. The van der Waals surface area contributed by atoms with Crippen molar-refractivity contribution in [3.05, 3.63) is 58.9 Å². The van der Waals surface area contributed by atoms with Gasteiger partial charge in [-0.25, -0.2) is 4.98 Å². The summed E-state index contributed by atoms with van der Waals surface area (Å²) in [5.74, 6) is 0. The van der Waals surface area contributed by atoms with Crippen LogP contribution in [0.5, 0.6) is 0 Å². The number of aromatic nitrogens is 1. The number of hydrogen-bond donors (Lipinski definition) is 1. The quantitative estimate of drug-likeness (QED) is 0.906. The van der Waals surface area contributed by atoms with Gasteiger partial charge < -0.3 is 5.32 Å². The summed E-state index contributed by atoms with van der Waals surface area (Å²) >= 11 is 5.75. The summed E-state index contributed by atoms with van der Waals surface area (Å²) in [6, 6.07) is 9.49. The average molecular weight is 287 g/mol. The third kappa shape index (κ3) is 3.86. The summed E-state index contributed by atoms with van der Waals surface area (Å²) in [5, 5.41) is 3.62. The molecule has 0 aliphatic rings. The van der Waals surface area contributed by atoms with Crippen molar-refractivity contribution < 1.29 is 13.2 Å². The van der Waals surface area contributed by atoms with E-state index < -0.39 is 11.9 Å². The van der Waals surface area contributed by atoms with Gasteiger partial charge in [0.05, 0.1) is 11.9 Å². The van der Waals surface area contributed by atoms with Crippen molar-refractivity contribution in [2.75, 3.05) is 5.32 Å². The Bertz CT molecular complexity index is 535. The Kier molecular flexibility index (Phi) is 3.95. The van der Waals surface area contributed by atoms with E-state index in [-0.39, 0.29) is 0 Å². The van der Waals surface area contributed by atoms with Crippen LogP contribution in [0.15, 0.2) is 42.6 Å². The molecule has 1 aromatic heterocycles. The summed E-state index contributed by atoms with van der Waals surface area (Å²) in [7, 11) is 0. The third-order valence-corrected chi connectivity index (χ3v) is 2.72. The smallest absolute Gasteiger partial charge is 0.380 e. The monoisotopic (exact) mass is 286 g/mol. The fourth-order valence-corrected chi connectivity index (χ4v) is 1.60. The summed E-state index contributed by atoms with van der Waals surface area (Å²) in [5.41, 5.74) is 0.608. The van der Waals surface area contributed by atoms with E-state index in [9.17, 15) is 13.2 Å². The molecule has 1 heterocycles. The number of hydrogen-bond acceptors (Lipinski definition) is 2. The molecule has 2 rings (SSSR count). The summed E-state index contributed by atoms with van der Waals surface area (Å²) in [6.45, 7) is 0.490. The van der Waals surface area contributed by atoms with Gasteiger partial charge in [0.15, 0.2) is 0 Å². The van der Waals surface area contributed by atoms with Gasteiger partial charge in [-0.15, -0.1) is 0 Å². The topological polar surface area (TPSA) is 24.9 Å². The van der Waals surface area contributed by atoms with E-state index in [0.717, 1.165) is 11.6 Å². The molecule has 0 aliphatic carbocycles. The Morgan fingerprint density at radius 2 is 1.74 bits per heavy atom. The van der Waals surface area contributed by atoms with Gasteiger partial charge in [-0.2, -0.15) is 13.2 Å². The maximum Gasteiger partial charge on any atom is 0.433 e. The second-order valence-corrected chi connectivity index (χ2v) is 4.35. The van der Waals surface area contributed by atoms with E-state index in [4.69, 9.17) is 11.6 Å². The molecular formula is C13H10ClF3N2. The van der Waals surface area contributed by atoms with Crippen LogP contribution in [0.2, 0.25) is 5.02 Å². The first-order valence-corrected chi connectivity index (χ1v) is 5.84. The van der Waals surface area contributed by atoms with Crippen LogP contribution in [-0.4, -0.2) is 4.98 Å². The molecule has 0 saturated heterocycles. The number of benzene rings is 1. The maximum atomic E-state index is 12.3. The lowest BCUT2D eigenvalue weighted by Gasteiger charge is -2.08. The Balaban J connectivity index is 1.98. The van der Waals surface area contributed by atoms with Crippen molar-refractivity contribution in [3.8, 4) is 0 Å². The molecular weight excluding hydrogens is 277 g/mol. The standard InChI is InChI=1S/C13H10ClF3N2/c14-10-3-1-9(2-4-10)7-18-11-5-6-12(19-8-11)13(15,16)17/h1-6,8,18H,7H2. The van der Waals surface area contributed by atoms with Gasteiger partial charge in [0.1, 0.15) is 5.69 Å². The minimum atomic E-state index is -4.41. The lowest BCUT2D eigenvalue weighted by molar-refractivity contribution is -0.141. The number of anilines is 1. The highest BCUT2D eigenvalue weighted by Gasteiger charge is 2.31. The van der Waals surface area contributed by atoms with E-state index >= 15 is 0 Å².